The Balaban J connectivity index is 1.15. The molecule has 146 valence electrons. The van der Waals surface area contributed by atoms with Crippen molar-refractivity contribution in [2.45, 2.75) is 44.2 Å². The summed E-state index contributed by atoms with van der Waals surface area (Å²) in [6, 6.07) is 13.2. The van der Waals surface area contributed by atoms with E-state index in [1.807, 2.05) is 24.4 Å². The Morgan fingerprint density at radius 3 is 2.61 bits per heavy atom. The molecule has 3 aliphatic rings. The maximum absolute atomic E-state index is 12.7. The first kappa shape index (κ1) is 17.8. The van der Waals surface area contributed by atoms with Crippen LogP contribution < -0.4 is 5.32 Å². The van der Waals surface area contributed by atoms with Crippen LogP contribution in [0.25, 0.3) is 0 Å². The number of carbonyl (C=O) groups excluding carboxylic acids is 1. The molecular weight excluding hydrogens is 348 g/mol. The molecule has 1 aromatic carbocycles. The van der Waals surface area contributed by atoms with Crippen LogP contribution in [0.3, 0.4) is 0 Å². The topological polar surface area (TPSA) is 48.5 Å². The molecular formula is C23H28N4O. The molecule has 1 saturated carbocycles. The van der Waals surface area contributed by atoms with Crippen molar-refractivity contribution in [3.63, 3.8) is 0 Å². The first-order valence-electron chi connectivity index (χ1n) is 10.6. The van der Waals surface area contributed by atoms with E-state index in [9.17, 15) is 4.79 Å². The molecule has 5 heteroatoms. The van der Waals surface area contributed by atoms with Crippen molar-refractivity contribution in [1.29, 1.82) is 0 Å². The highest BCUT2D eigenvalue weighted by molar-refractivity contribution is 5.95. The van der Waals surface area contributed by atoms with Gasteiger partial charge in [-0.2, -0.15) is 0 Å². The second kappa shape index (κ2) is 7.64. The van der Waals surface area contributed by atoms with Gasteiger partial charge in [-0.3, -0.25) is 14.6 Å². The summed E-state index contributed by atoms with van der Waals surface area (Å²) in [6.45, 7) is 5.59. The van der Waals surface area contributed by atoms with Gasteiger partial charge in [0.05, 0.1) is 5.92 Å². The van der Waals surface area contributed by atoms with Crippen molar-refractivity contribution >= 4 is 11.7 Å². The van der Waals surface area contributed by atoms with Gasteiger partial charge in [-0.1, -0.05) is 30.3 Å². The molecule has 1 atom stereocenters. The van der Waals surface area contributed by atoms with Gasteiger partial charge in [-0.25, -0.2) is 4.98 Å². The number of benzene rings is 1. The Labute approximate surface area is 166 Å². The van der Waals surface area contributed by atoms with E-state index in [-0.39, 0.29) is 11.8 Å². The van der Waals surface area contributed by atoms with E-state index in [0.717, 1.165) is 38.5 Å². The molecule has 0 bridgehead atoms. The van der Waals surface area contributed by atoms with Gasteiger partial charge in [0.15, 0.2) is 0 Å². The summed E-state index contributed by atoms with van der Waals surface area (Å²) in [5.41, 5.74) is 3.68. The summed E-state index contributed by atoms with van der Waals surface area (Å²) in [6.07, 6.45) is 6.56. The average Bonchev–Trinajstić information content (AvgIpc) is 3.48. The predicted molar refractivity (Wildman–Crippen MR) is 110 cm³/mol. The van der Waals surface area contributed by atoms with E-state index in [1.165, 1.54) is 42.6 Å². The summed E-state index contributed by atoms with van der Waals surface area (Å²) < 4.78 is 0. The van der Waals surface area contributed by atoms with E-state index in [4.69, 9.17) is 0 Å². The van der Waals surface area contributed by atoms with Crippen molar-refractivity contribution in [1.82, 2.24) is 14.8 Å². The maximum atomic E-state index is 12.7. The summed E-state index contributed by atoms with van der Waals surface area (Å²) in [5.74, 6) is 0.651. The quantitative estimate of drug-likeness (QED) is 0.871. The molecule has 28 heavy (non-hydrogen) atoms. The molecule has 2 fully saturated rings. The van der Waals surface area contributed by atoms with E-state index in [2.05, 4.69) is 38.3 Å². The van der Waals surface area contributed by atoms with E-state index < -0.39 is 0 Å². The fraction of sp³-hybridized carbons (Fsp3) is 0.478. The van der Waals surface area contributed by atoms with Crippen molar-refractivity contribution in [2.24, 2.45) is 0 Å². The van der Waals surface area contributed by atoms with Gasteiger partial charge >= 0.3 is 0 Å². The average molecular weight is 377 g/mol. The highest BCUT2D eigenvalue weighted by atomic mass is 16.1. The van der Waals surface area contributed by atoms with Crippen molar-refractivity contribution in [3.8, 4) is 0 Å². The summed E-state index contributed by atoms with van der Waals surface area (Å²) in [4.78, 5) is 22.3. The number of rotatable bonds is 5. The minimum absolute atomic E-state index is 0.0551. The molecule has 2 aromatic rings. The molecule has 5 rings (SSSR count). The number of nitrogens with one attached hydrogen (secondary N) is 1. The molecule has 1 amide bonds. The smallest absolute Gasteiger partial charge is 0.233 e. The number of aromatic nitrogens is 1. The van der Waals surface area contributed by atoms with Gasteiger partial charge < -0.3 is 5.32 Å². The number of hydrogen-bond donors (Lipinski definition) is 1. The second-order valence-electron chi connectivity index (χ2n) is 8.37. The summed E-state index contributed by atoms with van der Waals surface area (Å²) in [7, 11) is 0. The zero-order chi connectivity index (χ0) is 18.9. The van der Waals surface area contributed by atoms with Crippen LogP contribution >= 0.6 is 0 Å². The van der Waals surface area contributed by atoms with E-state index in [1.54, 1.807) is 0 Å². The number of fused-ring (bicyclic) bond motifs is 1. The largest absolute Gasteiger partial charge is 0.310 e. The maximum Gasteiger partial charge on any atom is 0.233 e. The third-order valence-electron chi connectivity index (χ3n) is 6.40. The zero-order valence-electron chi connectivity index (χ0n) is 16.3. The lowest BCUT2D eigenvalue weighted by Gasteiger charge is -2.34. The minimum Gasteiger partial charge on any atom is -0.310 e. The normalized spacial score (nSPS) is 22.8. The molecule has 2 aliphatic carbocycles. The van der Waals surface area contributed by atoms with Crippen LogP contribution in [0.2, 0.25) is 0 Å². The van der Waals surface area contributed by atoms with E-state index >= 15 is 0 Å². The number of carbonyl (C=O) groups is 1. The molecule has 0 radical (unpaired) electrons. The van der Waals surface area contributed by atoms with Gasteiger partial charge in [0.25, 0.3) is 0 Å². The highest BCUT2D eigenvalue weighted by Crippen LogP contribution is 2.33. The van der Waals surface area contributed by atoms with Crippen LogP contribution in [-0.2, 0) is 17.8 Å². The molecule has 2 heterocycles. The Morgan fingerprint density at radius 2 is 1.86 bits per heavy atom. The Hall–Kier alpha value is -2.24. The molecule has 1 aliphatic heterocycles. The Bertz CT molecular complexity index is 838. The second-order valence-corrected chi connectivity index (χ2v) is 8.37. The molecule has 1 aromatic heterocycles. The van der Waals surface area contributed by atoms with Crippen LogP contribution in [-0.4, -0.2) is 52.9 Å². The molecule has 1 saturated heterocycles. The van der Waals surface area contributed by atoms with Gasteiger partial charge in [0.2, 0.25) is 5.91 Å². The first-order valence-corrected chi connectivity index (χ1v) is 10.6. The van der Waals surface area contributed by atoms with Crippen LogP contribution in [0.15, 0.2) is 42.6 Å². The van der Waals surface area contributed by atoms with Crippen molar-refractivity contribution < 1.29 is 4.79 Å². The highest BCUT2D eigenvalue weighted by Gasteiger charge is 2.31. The third-order valence-corrected chi connectivity index (χ3v) is 6.40. The monoisotopic (exact) mass is 376 g/mol. The molecule has 1 unspecified atom stereocenters. The van der Waals surface area contributed by atoms with Crippen LogP contribution in [0.1, 0.15) is 41.9 Å². The Kier molecular flexibility index (Phi) is 4.87. The zero-order valence-corrected chi connectivity index (χ0v) is 16.3. The van der Waals surface area contributed by atoms with Crippen molar-refractivity contribution in [3.05, 3.63) is 59.3 Å². The number of aryl methyl sites for hydroxylation is 1. The lowest BCUT2D eigenvalue weighted by Crippen LogP contribution is -2.46. The lowest BCUT2D eigenvalue weighted by atomic mass is 10.0. The van der Waals surface area contributed by atoms with Gasteiger partial charge in [0, 0.05) is 45.0 Å². The number of anilines is 1. The van der Waals surface area contributed by atoms with E-state index in [0.29, 0.717) is 5.82 Å². The lowest BCUT2D eigenvalue weighted by molar-refractivity contribution is -0.117. The number of hydrogen-bond acceptors (Lipinski definition) is 4. The van der Waals surface area contributed by atoms with Gasteiger partial charge in [-0.15, -0.1) is 0 Å². The number of pyridine rings is 1. The standard InChI is InChI=1S/C23H28N4O/c28-23(21-9-6-18-3-1-2-4-20(18)21)25-22-10-5-17(15-24-22)16-26-11-13-27(14-12-26)19-7-8-19/h1-5,10,15,19,21H,6-9,11-14,16H2,(H,24,25,28). The predicted octanol–water partition coefficient (Wildman–Crippen LogP) is 3.03. The third kappa shape index (κ3) is 3.82. The Morgan fingerprint density at radius 1 is 1.04 bits per heavy atom. The minimum atomic E-state index is -0.0551. The summed E-state index contributed by atoms with van der Waals surface area (Å²) >= 11 is 0. The number of nitrogens with zero attached hydrogens (tertiary/aromatic N) is 3. The number of amides is 1. The van der Waals surface area contributed by atoms with Crippen molar-refractivity contribution in [2.75, 3.05) is 31.5 Å². The number of piperazine rings is 1. The SMILES string of the molecule is O=C(Nc1ccc(CN2CCN(C3CC3)CC2)cn1)C1CCc2ccccc21. The van der Waals surface area contributed by atoms with Gasteiger partial charge in [-0.05, 0) is 48.4 Å². The van der Waals surface area contributed by atoms with Crippen LogP contribution in [0, 0.1) is 0 Å². The molecule has 0 spiro atoms. The molecule has 5 nitrogen and oxygen atoms in total. The first-order chi connectivity index (χ1) is 13.8. The fourth-order valence-corrected chi connectivity index (χ4v) is 4.62. The summed E-state index contributed by atoms with van der Waals surface area (Å²) in [5, 5.41) is 3.01. The van der Waals surface area contributed by atoms with Crippen LogP contribution in [0.4, 0.5) is 5.82 Å². The van der Waals surface area contributed by atoms with Crippen LogP contribution in [0.5, 0.6) is 0 Å². The fourth-order valence-electron chi connectivity index (χ4n) is 4.62. The molecule has 1 N–H and O–H groups in total. The van der Waals surface area contributed by atoms with Gasteiger partial charge in [0.1, 0.15) is 5.82 Å².